The van der Waals surface area contributed by atoms with Gasteiger partial charge in [0.2, 0.25) is 29.5 Å². The molecule has 0 fully saturated rings. The molecule has 0 aromatic heterocycles. The lowest BCUT2D eigenvalue weighted by molar-refractivity contribution is -0.142. The number of primary amides is 2. The summed E-state index contributed by atoms with van der Waals surface area (Å²) in [6.07, 6.45) is -0.587. The number of carboxylic acid groups (broad SMARTS) is 1. The number of nitrogens with two attached hydrogens (primary N) is 3. The zero-order valence-electron chi connectivity index (χ0n) is 22.0. The van der Waals surface area contributed by atoms with Crippen LogP contribution in [0.1, 0.15) is 51.5 Å². The minimum Gasteiger partial charge on any atom is -0.508 e. The molecule has 14 heteroatoms. The van der Waals surface area contributed by atoms with Crippen molar-refractivity contribution in [3.8, 4) is 5.75 Å². The largest absolute Gasteiger partial charge is 0.508 e. The van der Waals surface area contributed by atoms with Crippen molar-refractivity contribution in [3.63, 3.8) is 0 Å². The van der Waals surface area contributed by atoms with Crippen LogP contribution in [0.15, 0.2) is 24.3 Å². The van der Waals surface area contributed by atoms with Crippen molar-refractivity contribution in [2.24, 2.45) is 23.1 Å². The molecule has 4 atom stereocenters. The number of phenols is 1. The Bertz CT molecular complexity index is 1030. The zero-order valence-corrected chi connectivity index (χ0v) is 22.0. The molecule has 0 aliphatic carbocycles. The molecule has 0 saturated heterocycles. The fraction of sp³-hybridized carbons (Fsp3) is 0.520. The normalized spacial score (nSPS) is 13.9. The molecular formula is C25H38N6O8. The first-order chi connectivity index (χ1) is 18.2. The fourth-order valence-corrected chi connectivity index (χ4v) is 3.58. The second-order valence-corrected chi connectivity index (χ2v) is 9.64. The Morgan fingerprint density at radius 1 is 0.769 bits per heavy atom. The number of aliphatic carboxylic acids is 1. The number of carboxylic acids is 1. The first-order valence-electron chi connectivity index (χ1n) is 12.4. The highest BCUT2D eigenvalue weighted by atomic mass is 16.4. The summed E-state index contributed by atoms with van der Waals surface area (Å²) in [5, 5.41) is 26.4. The number of rotatable bonds is 17. The lowest BCUT2D eigenvalue weighted by Gasteiger charge is -2.26. The Labute approximate surface area is 226 Å². The van der Waals surface area contributed by atoms with E-state index in [0.717, 1.165) is 0 Å². The molecule has 11 N–H and O–H groups in total. The number of hydrogen-bond acceptors (Lipinski definition) is 8. The molecule has 0 saturated carbocycles. The summed E-state index contributed by atoms with van der Waals surface area (Å²) in [5.74, 6) is -5.11. The lowest BCUT2D eigenvalue weighted by Crippen LogP contribution is -2.58. The van der Waals surface area contributed by atoms with Crippen LogP contribution in [-0.4, -0.2) is 69.9 Å². The van der Waals surface area contributed by atoms with Crippen molar-refractivity contribution in [3.05, 3.63) is 29.8 Å². The van der Waals surface area contributed by atoms with Gasteiger partial charge in [-0.25, -0.2) is 4.79 Å². The van der Waals surface area contributed by atoms with E-state index >= 15 is 0 Å². The van der Waals surface area contributed by atoms with Crippen molar-refractivity contribution in [2.45, 2.75) is 76.5 Å². The summed E-state index contributed by atoms with van der Waals surface area (Å²) in [4.78, 5) is 72.7. The van der Waals surface area contributed by atoms with Crippen molar-refractivity contribution >= 4 is 35.5 Å². The minimum absolute atomic E-state index is 0.00440. The van der Waals surface area contributed by atoms with Crippen LogP contribution in [0.4, 0.5) is 0 Å². The van der Waals surface area contributed by atoms with Crippen LogP contribution in [0, 0.1) is 5.92 Å². The average molecular weight is 551 g/mol. The van der Waals surface area contributed by atoms with Crippen LogP contribution in [-0.2, 0) is 35.2 Å². The molecular weight excluding hydrogens is 512 g/mol. The van der Waals surface area contributed by atoms with Crippen LogP contribution >= 0.6 is 0 Å². The number of nitrogens with one attached hydrogen (secondary N) is 3. The van der Waals surface area contributed by atoms with E-state index in [4.69, 9.17) is 17.2 Å². The third-order valence-electron chi connectivity index (χ3n) is 5.68. The summed E-state index contributed by atoms with van der Waals surface area (Å²) < 4.78 is 0. The summed E-state index contributed by atoms with van der Waals surface area (Å²) in [6.45, 7) is 3.59. The Hall–Kier alpha value is -4.20. The van der Waals surface area contributed by atoms with Gasteiger partial charge in [-0.1, -0.05) is 26.0 Å². The number of carbonyl (C=O) groups excluding carboxylic acids is 5. The Morgan fingerprint density at radius 3 is 1.77 bits per heavy atom. The third kappa shape index (κ3) is 12.7. The van der Waals surface area contributed by atoms with Crippen molar-refractivity contribution in [2.75, 3.05) is 0 Å². The molecule has 216 valence electrons. The fourth-order valence-electron chi connectivity index (χ4n) is 3.58. The lowest BCUT2D eigenvalue weighted by atomic mass is 10.00. The number of carbonyl (C=O) groups is 6. The molecule has 0 aliphatic rings. The molecule has 0 heterocycles. The van der Waals surface area contributed by atoms with Gasteiger partial charge in [0.05, 0.1) is 6.04 Å². The molecule has 0 aliphatic heterocycles. The maximum absolute atomic E-state index is 13.3. The first-order valence-corrected chi connectivity index (χ1v) is 12.4. The second-order valence-electron chi connectivity index (χ2n) is 9.64. The van der Waals surface area contributed by atoms with E-state index in [0.29, 0.717) is 5.56 Å². The highest BCUT2D eigenvalue weighted by Gasteiger charge is 2.31. The van der Waals surface area contributed by atoms with Gasteiger partial charge in [0.25, 0.3) is 0 Å². The molecule has 1 rings (SSSR count). The minimum atomic E-state index is -1.41. The van der Waals surface area contributed by atoms with Gasteiger partial charge in [-0.3, -0.25) is 24.0 Å². The van der Waals surface area contributed by atoms with Crippen molar-refractivity contribution in [1.82, 2.24) is 16.0 Å². The Balaban J connectivity index is 3.13. The predicted octanol–water partition coefficient (Wildman–Crippen LogP) is -1.62. The van der Waals surface area contributed by atoms with E-state index in [-0.39, 0.29) is 50.2 Å². The molecule has 1 aromatic carbocycles. The Morgan fingerprint density at radius 2 is 1.26 bits per heavy atom. The van der Waals surface area contributed by atoms with E-state index in [9.17, 15) is 39.0 Å². The van der Waals surface area contributed by atoms with E-state index < -0.39 is 59.7 Å². The molecule has 4 unspecified atom stereocenters. The van der Waals surface area contributed by atoms with Gasteiger partial charge in [-0.15, -0.1) is 0 Å². The number of amides is 5. The van der Waals surface area contributed by atoms with Crippen LogP contribution < -0.4 is 33.2 Å². The molecule has 14 nitrogen and oxygen atoms in total. The molecule has 1 aromatic rings. The highest BCUT2D eigenvalue weighted by molar-refractivity contribution is 5.94. The van der Waals surface area contributed by atoms with Crippen LogP contribution in [0.3, 0.4) is 0 Å². The monoisotopic (exact) mass is 550 g/mol. The van der Waals surface area contributed by atoms with E-state index in [1.165, 1.54) is 12.1 Å². The van der Waals surface area contributed by atoms with E-state index in [2.05, 4.69) is 16.0 Å². The van der Waals surface area contributed by atoms with Gasteiger partial charge >= 0.3 is 5.97 Å². The average Bonchev–Trinajstić information content (AvgIpc) is 2.84. The zero-order chi connectivity index (χ0) is 29.7. The summed E-state index contributed by atoms with van der Waals surface area (Å²) in [6, 6.07) is 0.962. The van der Waals surface area contributed by atoms with Gasteiger partial charge in [-0.2, -0.15) is 0 Å². The van der Waals surface area contributed by atoms with Crippen molar-refractivity contribution < 1.29 is 39.0 Å². The molecule has 0 bridgehead atoms. The van der Waals surface area contributed by atoms with Crippen LogP contribution in [0.25, 0.3) is 0 Å². The number of aromatic hydroxyl groups is 1. The smallest absolute Gasteiger partial charge is 0.326 e. The maximum atomic E-state index is 13.3. The quantitative estimate of drug-likeness (QED) is 0.111. The van der Waals surface area contributed by atoms with Crippen LogP contribution in [0.5, 0.6) is 5.75 Å². The number of hydrogen-bond donors (Lipinski definition) is 8. The molecule has 0 spiro atoms. The van der Waals surface area contributed by atoms with E-state index in [1.807, 2.05) is 0 Å². The second kappa shape index (κ2) is 15.9. The molecule has 0 radical (unpaired) electrons. The van der Waals surface area contributed by atoms with Crippen LogP contribution in [0.2, 0.25) is 0 Å². The summed E-state index contributed by atoms with van der Waals surface area (Å²) in [7, 11) is 0. The van der Waals surface area contributed by atoms with Crippen molar-refractivity contribution in [1.29, 1.82) is 0 Å². The van der Waals surface area contributed by atoms with Gasteiger partial charge in [-0.05, 0) is 42.9 Å². The predicted molar refractivity (Wildman–Crippen MR) is 140 cm³/mol. The number of benzene rings is 1. The van der Waals surface area contributed by atoms with Gasteiger partial charge < -0.3 is 43.4 Å². The maximum Gasteiger partial charge on any atom is 0.326 e. The number of phenolic OH excluding ortho intramolecular Hbond substituents is 1. The van der Waals surface area contributed by atoms with Gasteiger partial charge in [0, 0.05) is 19.3 Å². The van der Waals surface area contributed by atoms with Gasteiger partial charge in [0.15, 0.2) is 0 Å². The molecule has 39 heavy (non-hydrogen) atoms. The topological polar surface area (TPSA) is 257 Å². The first kappa shape index (κ1) is 32.8. The third-order valence-corrected chi connectivity index (χ3v) is 5.68. The standard InChI is InChI=1S/C25H38N6O8/c1-13(2)11-18(23(36)29-17(25(38)39)8-10-21(28)34)31-24(37)19(12-14-3-5-15(32)6-4-14)30-22(35)16(26)7-9-20(27)33/h3-6,13,16-19,32H,7-12,26H2,1-2H3,(H2,27,33)(H2,28,34)(H,29,36)(H,30,35)(H,31,37)(H,38,39). The highest BCUT2D eigenvalue weighted by Crippen LogP contribution is 2.13. The summed E-state index contributed by atoms with van der Waals surface area (Å²) in [5.41, 5.74) is 16.6. The molecule has 5 amide bonds. The SMILES string of the molecule is CC(C)CC(NC(=O)C(Cc1ccc(O)cc1)NC(=O)C(N)CCC(N)=O)C(=O)NC(CCC(N)=O)C(=O)O. The van der Waals surface area contributed by atoms with E-state index in [1.54, 1.807) is 26.0 Å². The summed E-state index contributed by atoms with van der Waals surface area (Å²) >= 11 is 0. The van der Waals surface area contributed by atoms with Gasteiger partial charge in [0.1, 0.15) is 23.9 Å². The Kier molecular flexibility index (Phi) is 13.4.